The fourth-order valence-corrected chi connectivity index (χ4v) is 2.42. The number of rotatable bonds is 6. The standard InChI is InChI=1S/C20H20N4O2/c1-3-26-18-8-4-16(5-9-18)6-11-20(25)23-17-7-10-19(22-14-17)24-13-12-21-15(24)2/h4-14H,3H2,1-2H3,(H,23,25)/b11-6+. The summed E-state index contributed by atoms with van der Waals surface area (Å²) in [6.07, 6.45) is 8.43. The van der Waals surface area contributed by atoms with Gasteiger partial charge in [-0.15, -0.1) is 0 Å². The zero-order chi connectivity index (χ0) is 18.4. The Morgan fingerprint density at radius 2 is 2.00 bits per heavy atom. The summed E-state index contributed by atoms with van der Waals surface area (Å²) in [7, 11) is 0. The van der Waals surface area contributed by atoms with E-state index in [-0.39, 0.29) is 5.91 Å². The van der Waals surface area contributed by atoms with E-state index in [9.17, 15) is 4.79 Å². The molecule has 6 nitrogen and oxygen atoms in total. The minimum absolute atomic E-state index is 0.216. The van der Waals surface area contributed by atoms with Crippen LogP contribution < -0.4 is 10.1 Å². The minimum atomic E-state index is -0.216. The highest BCUT2D eigenvalue weighted by Crippen LogP contribution is 2.14. The first-order chi connectivity index (χ1) is 12.7. The Kier molecular flexibility index (Phi) is 5.43. The third-order valence-corrected chi connectivity index (χ3v) is 3.71. The average molecular weight is 348 g/mol. The largest absolute Gasteiger partial charge is 0.494 e. The molecule has 0 saturated carbocycles. The number of hydrogen-bond donors (Lipinski definition) is 1. The van der Waals surface area contributed by atoms with Crippen molar-refractivity contribution in [1.29, 1.82) is 0 Å². The summed E-state index contributed by atoms with van der Waals surface area (Å²) >= 11 is 0. The van der Waals surface area contributed by atoms with E-state index in [1.54, 1.807) is 18.5 Å². The predicted molar refractivity (Wildman–Crippen MR) is 101 cm³/mol. The Hall–Kier alpha value is -3.41. The molecule has 0 spiro atoms. The van der Waals surface area contributed by atoms with Gasteiger partial charge in [-0.1, -0.05) is 12.1 Å². The van der Waals surface area contributed by atoms with Crippen molar-refractivity contribution in [1.82, 2.24) is 14.5 Å². The summed E-state index contributed by atoms with van der Waals surface area (Å²) in [5.74, 6) is 2.20. The van der Waals surface area contributed by atoms with Gasteiger partial charge in [0.05, 0.1) is 18.5 Å². The number of hydrogen-bond acceptors (Lipinski definition) is 4. The fourth-order valence-electron chi connectivity index (χ4n) is 2.42. The van der Waals surface area contributed by atoms with E-state index in [0.717, 1.165) is 23.0 Å². The number of ether oxygens (including phenoxy) is 1. The van der Waals surface area contributed by atoms with Crippen molar-refractivity contribution in [3.63, 3.8) is 0 Å². The molecule has 0 radical (unpaired) electrons. The number of amides is 1. The number of aryl methyl sites for hydroxylation is 1. The lowest BCUT2D eigenvalue weighted by Gasteiger charge is -2.06. The molecule has 0 saturated heterocycles. The van der Waals surface area contributed by atoms with Gasteiger partial charge in [0, 0.05) is 18.5 Å². The number of imidazole rings is 1. The molecular formula is C20H20N4O2. The van der Waals surface area contributed by atoms with E-state index in [4.69, 9.17) is 4.74 Å². The van der Waals surface area contributed by atoms with Crippen molar-refractivity contribution in [3.8, 4) is 11.6 Å². The van der Waals surface area contributed by atoms with E-state index < -0.39 is 0 Å². The molecule has 2 aromatic heterocycles. The maximum absolute atomic E-state index is 12.1. The second-order valence-electron chi connectivity index (χ2n) is 5.57. The van der Waals surface area contributed by atoms with E-state index in [2.05, 4.69) is 15.3 Å². The lowest BCUT2D eigenvalue weighted by molar-refractivity contribution is -0.111. The first-order valence-electron chi connectivity index (χ1n) is 8.34. The molecule has 0 bridgehead atoms. The van der Waals surface area contributed by atoms with Crippen molar-refractivity contribution in [2.24, 2.45) is 0 Å². The van der Waals surface area contributed by atoms with Crippen molar-refractivity contribution in [2.45, 2.75) is 13.8 Å². The molecule has 1 N–H and O–H groups in total. The molecule has 0 aliphatic heterocycles. The predicted octanol–water partition coefficient (Wildman–Crippen LogP) is 3.63. The van der Waals surface area contributed by atoms with E-state index in [1.807, 2.05) is 61.0 Å². The van der Waals surface area contributed by atoms with Crippen molar-refractivity contribution in [2.75, 3.05) is 11.9 Å². The Bertz CT molecular complexity index is 896. The summed E-state index contributed by atoms with van der Waals surface area (Å²) in [5, 5.41) is 2.79. The molecule has 0 aliphatic carbocycles. The Balaban J connectivity index is 1.60. The van der Waals surface area contributed by atoms with Crippen molar-refractivity contribution >= 4 is 17.7 Å². The van der Waals surface area contributed by atoms with Crippen LogP contribution in [0.2, 0.25) is 0 Å². The quantitative estimate of drug-likeness (QED) is 0.691. The number of pyridine rings is 1. The number of nitrogens with one attached hydrogen (secondary N) is 1. The smallest absolute Gasteiger partial charge is 0.248 e. The van der Waals surface area contributed by atoms with Gasteiger partial charge in [-0.2, -0.15) is 0 Å². The van der Waals surface area contributed by atoms with Crippen LogP contribution in [0.5, 0.6) is 5.75 Å². The molecule has 3 aromatic rings. The number of aromatic nitrogens is 3. The van der Waals surface area contributed by atoms with Gasteiger partial charge >= 0.3 is 0 Å². The maximum atomic E-state index is 12.1. The zero-order valence-electron chi connectivity index (χ0n) is 14.7. The van der Waals surface area contributed by atoms with Crippen LogP contribution in [0.1, 0.15) is 18.3 Å². The van der Waals surface area contributed by atoms with Crippen LogP contribution in [0.3, 0.4) is 0 Å². The molecule has 6 heteroatoms. The number of carbonyl (C=O) groups excluding carboxylic acids is 1. The van der Waals surface area contributed by atoms with Crippen LogP contribution in [0.25, 0.3) is 11.9 Å². The molecule has 1 amide bonds. The van der Waals surface area contributed by atoms with Crippen LogP contribution in [0, 0.1) is 6.92 Å². The monoisotopic (exact) mass is 348 g/mol. The van der Waals surface area contributed by atoms with Crippen LogP contribution >= 0.6 is 0 Å². The lowest BCUT2D eigenvalue weighted by atomic mass is 10.2. The first-order valence-corrected chi connectivity index (χ1v) is 8.34. The van der Waals surface area contributed by atoms with Crippen molar-refractivity contribution in [3.05, 3.63) is 72.5 Å². The number of carbonyl (C=O) groups is 1. The normalized spacial score (nSPS) is 10.8. The summed E-state index contributed by atoms with van der Waals surface area (Å²) in [5.41, 5.74) is 1.56. The van der Waals surface area contributed by atoms with Gasteiger partial charge in [-0.25, -0.2) is 9.97 Å². The molecule has 0 fully saturated rings. The highest BCUT2D eigenvalue weighted by atomic mass is 16.5. The Labute approximate surface area is 152 Å². The fraction of sp³-hybridized carbons (Fsp3) is 0.150. The van der Waals surface area contributed by atoms with Gasteiger partial charge in [0.25, 0.3) is 0 Å². The summed E-state index contributed by atoms with van der Waals surface area (Å²) < 4.78 is 7.27. The van der Waals surface area contributed by atoms with Gasteiger partial charge < -0.3 is 10.1 Å². The van der Waals surface area contributed by atoms with Gasteiger partial charge in [0.15, 0.2) is 0 Å². The van der Waals surface area contributed by atoms with Crippen molar-refractivity contribution < 1.29 is 9.53 Å². The van der Waals surface area contributed by atoms with Crippen LogP contribution in [-0.2, 0) is 4.79 Å². The topological polar surface area (TPSA) is 69.0 Å². The van der Waals surface area contributed by atoms with E-state index >= 15 is 0 Å². The SMILES string of the molecule is CCOc1ccc(/C=C/C(=O)Nc2ccc(-n3ccnc3C)nc2)cc1. The highest BCUT2D eigenvalue weighted by Gasteiger charge is 2.03. The maximum Gasteiger partial charge on any atom is 0.248 e. The Morgan fingerprint density at radius 1 is 1.19 bits per heavy atom. The molecule has 0 unspecified atom stereocenters. The third kappa shape index (κ3) is 4.36. The molecule has 2 heterocycles. The second kappa shape index (κ2) is 8.11. The molecule has 26 heavy (non-hydrogen) atoms. The molecule has 132 valence electrons. The minimum Gasteiger partial charge on any atom is -0.494 e. The van der Waals surface area contributed by atoms with Gasteiger partial charge in [-0.05, 0) is 49.8 Å². The van der Waals surface area contributed by atoms with Gasteiger partial charge in [0.1, 0.15) is 17.4 Å². The van der Waals surface area contributed by atoms with Gasteiger partial charge in [-0.3, -0.25) is 9.36 Å². The molecule has 0 aliphatic rings. The zero-order valence-corrected chi connectivity index (χ0v) is 14.7. The average Bonchev–Trinajstić information content (AvgIpc) is 3.08. The lowest BCUT2D eigenvalue weighted by Crippen LogP contribution is -2.08. The third-order valence-electron chi connectivity index (χ3n) is 3.71. The Morgan fingerprint density at radius 3 is 2.62 bits per heavy atom. The number of benzene rings is 1. The van der Waals surface area contributed by atoms with Crippen LogP contribution in [0.15, 0.2) is 61.1 Å². The molecular weight excluding hydrogens is 328 g/mol. The first kappa shape index (κ1) is 17.4. The van der Waals surface area contributed by atoms with E-state index in [0.29, 0.717) is 12.3 Å². The van der Waals surface area contributed by atoms with Crippen LogP contribution in [0.4, 0.5) is 5.69 Å². The molecule has 3 rings (SSSR count). The summed E-state index contributed by atoms with van der Waals surface area (Å²) in [6, 6.07) is 11.2. The van der Waals surface area contributed by atoms with Crippen LogP contribution in [-0.4, -0.2) is 27.0 Å². The molecule has 0 atom stereocenters. The highest BCUT2D eigenvalue weighted by molar-refractivity contribution is 6.01. The molecule has 1 aromatic carbocycles. The van der Waals surface area contributed by atoms with E-state index in [1.165, 1.54) is 6.08 Å². The van der Waals surface area contributed by atoms with Gasteiger partial charge in [0.2, 0.25) is 5.91 Å². The number of nitrogens with zero attached hydrogens (tertiary/aromatic N) is 3. The second-order valence-corrected chi connectivity index (χ2v) is 5.57. The summed E-state index contributed by atoms with van der Waals surface area (Å²) in [6.45, 7) is 4.48. The number of anilines is 1. The summed E-state index contributed by atoms with van der Waals surface area (Å²) in [4.78, 5) is 20.6.